The lowest BCUT2D eigenvalue weighted by Gasteiger charge is -2.50. The SMILES string of the molecule is CCCCOC(=O)N1[C@H](C(=O)O)[C@@H]2CC[C@H]1[C@@H](O)C2. The third-order valence-electron chi connectivity index (χ3n) is 4.11. The average Bonchev–Trinajstić information content (AvgIpc) is 2.38. The molecule has 3 fully saturated rings. The first-order chi connectivity index (χ1) is 9.06. The molecule has 4 atom stereocenters. The number of carboxylic acid groups (broad SMARTS) is 1. The third kappa shape index (κ3) is 2.68. The van der Waals surface area contributed by atoms with Gasteiger partial charge in [-0.15, -0.1) is 0 Å². The van der Waals surface area contributed by atoms with Crippen LogP contribution in [-0.4, -0.2) is 52.0 Å². The summed E-state index contributed by atoms with van der Waals surface area (Å²) in [4.78, 5) is 24.7. The van der Waals surface area contributed by atoms with E-state index in [1.807, 2.05) is 6.92 Å². The minimum Gasteiger partial charge on any atom is -0.480 e. The molecule has 2 aliphatic heterocycles. The fourth-order valence-electron chi connectivity index (χ4n) is 3.15. The molecule has 6 nitrogen and oxygen atoms in total. The molecule has 3 aliphatic rings. The Morgan fingerprint density at radius 3 is 2.68 bits per heavy atom. The maximum atomic E-state index is 12.1. The monoisotopic (exact) mass is 271 g/mol. The van der Waals surface area contributed by atoms with Gasteiger partial charge in [-0.1, -0.05) is 13.3 Å². The van der Waals surface area contributed by atoms with Crippen molar-refractivity contribution in [3.05, 3.63) is 0 Å². The van der Waals surface area contributed by atoms with Crippen LogP contribution in [0.2, 0.25) is 0 Å². The van der Waals surface area contributed by atoms with E-state index in [1.54, 1.807) is 0 Å². The van der Waals surface area contributed by atoms with Crippen molar-refractivity contribution in [1.29, 1.82) is 0 Å². The number of rotatable bonds is 4. The van der Waals surface area contributed by atoms with Gasteiger partial charge in [-0.25, -0.2) is 9.59 Å². The predicted octanol–water partition coefficient (Wildman–Crippen LogP) is 1.22. The first-order valence-electron chi connectivity index (χ1n) is 6.92. The standard InChI is InChI=1S/C13H21NO5/c1-2-3-6-19-13(18)14-9-5-4-8(7-10(9)15)11(14)12(16)17/h8-11,15H,2-7H2,1H3,(H,16,17)/t8-,9+,10+,11+/m1/s1. The summed E-state index contributed by atoms with van der Waals surface area (Å²) >= 11 is 0. The van der Waals surface area contributed by atoms with Crippen molar-refractivity contribution < 1.29 is 24.5 Å². The van der Waals surface area contributed by atoms with Crippen LogP contribution in [0.3, 0.4) is 0 Å². The molecular weight excluding hydrogens is 250 g/mol. The van der Waals surface area contributed by atoms with Gasteiger partial charge in [-0.3, -0.25) is 4.90 Å². The molecule has 3 rings (SSSR count). The second-order valence-electron chi connectivity index (χ2n) is 5.37. The third-order valence-corrected chi connectivity index (χ3v) is 4.11. The summed E-state index contributed by atoms with van der Waals surface area (Å²) in [6.07, 6.45) is 2.29. The molecule has 2 bridgehead atoms. The van der Waals surface area contributed by atoms with Crippen molar-refractivity contribution in [2.45, 2.75) is 57.2 Å². The molecule has 2 saturated heterocycles. The number of carbonyl (C=O) groups excluding carboxylic acids is 1. The number of nitrogens with zero attached hydrogens (tertiary/aromatic N) is 1. The Morgan fingerprint density at radius 2 is 2.11 bits per heavy atom. The summed E-state index contributed by atoms with van der Waals surface area (Å²) in [5, 5.41) is 19.3. The van der Waals surface area contributed by atoms with Gasteiger partial charge >= 0.3 is 12.1 Å². The second kappa shape index (κ2) is 5.77. The molecule has 2 N–H and O–H groups in total. The zero-order chi connectivity index (χ0) is 14.0. The smallest absolute Gasteiger partial charge is 0.410 e. The number of aliphatic hydroxyl groups excluding tert-OH is 1. The van der Waals surface area contributed by atoms with E-state index in [4.69, 9.17) is 4.74 Å². The van der Waals surface area contributed by atoms with Gasteiger partial charge in [0, 0.05) is 0 Å². The molecule has 1 aliphatic carbocycles. The number of carboxylic acids is 1. The number of carbonyl (C=O) groups is 2. The van der Waals surface area contributed by atoms with Crippen LogP contribution in [0.1, 0.15) is 39.0 Å². The lowest BCUT2D eigenvalue weighted by molar-refractivity contribution is -0.157. The topological polar surface area (TPSA) is 87.1 Å². The molecule has 0 spiro atoms. The van der Waals surface area contributed by atoms with Crippen molar-refractivity contribution in [1.82, 2.24) is 4.90 Å². The van der Waals surface area contributed by atoms with Crippen LogP contribution in [-0.2, 0) is 9.53 Å². The van der Waals surface area contributed by atoms with Gasteiger partial charge in [0.1, 0.15) is 6.04 Å². The highest BCUT2D eigenvalue weighted by atomic mass is 16.6. The zero-order valence-electron chi connectivity index (χ0n) is 11.1. The number of piperidine rings is 2. The fraction of sp³-hybridized carbons (Fsp3) is 0.846. The van der Waals surface area contributed by atoms with Crippen LogP contribution in [0.4, 0.5) is 4.79 Å². The first kappa shape index (κ1) is 14.1. The highest BCUT2D eigenvalue weighted by Gasteiger charge is 2.52. The van der Waals surface area contributed by atoms with Crippen molar-refractivity contribution in [3.63, 3.8) is 0 Å². The molecule has 0 aromatic heterocycles. The van der Waals surface area contributed by atoms with Crippen molar-refractivity contribution in [2.75, 3.05) is 6.61 Å². The number of fused-ring (bicyclic) bond motifs is 3. The summed E-state index contributed by atoms with van der Waals surface area (Å²) < 4.78 is 5.12. The second-order valence-corrected chi connectivity index (χ2v) is 5.37. The van der Waals surface area contributed by atoms with Gasteiger partial charge in [0.05, 0.1) is 18.8 Å². The van der Waals surface area contributed by atoms with E-state index in [0.717, 1.165) is 19.3 Å². The van der Waals surface area contributed by atoms with Crippen LogP contribution in [0.15, 0.2) is 0 Å². The highest BCUT2D eigenvalue weighted by Crippen LogP contribution is 2.40. The Hall–Kier alpha value is -1.30. The number of hydrogen-bond donors (Lipinski definition) is 2. The summed E-state index contributed by atoms with van der Waals surface area (Å²) in [6.45, 7) is 2.28. The van der Waals surface area contributed by atoms with E-state index < -0.39 is 30.3 Å². The van der Waals surface area contributed by atoms with Gasteiger partial charge in [-0.05, 0) is 31.6 Å². The molecule has 1 saturated carbocycles. The van der Waals surface area contributed by atoms with Gasteiger partial charge in [0.15, 0.2) is 0 Å². The predicted molar refractivity (Wildman–Crippen MR) is 66.7 cm³/mol. The molecule has 0 aromatic rings. The van der Waals surface area contributed by atoms with E-state index in [2.05, 4.69) is 0 Å². The Morgan fingerprint density at radius 1 is 1.37 bits per heavy atom. The van der Waals surface area contributed by atoms with Gasteiger partial charge in [-0.2, -0.15) is 0 Å². The van der Waals surface area contributed by atoms with Crippen LogP contribution in [0, 0.1) is 5.92 Å². The van der Waals surface area contributed by atoms with E-state index >= 15 is 0 Å². The lowest BCUT2D eigenvalue weighted by atomic mass is 9.73. The lowest BCUT2D eigenvalue weighted by Crippen LogP contribution is -2.65. The quantitative estimate of drug-likeness (QED) is 0.751. The normalized spacial score (nSPS) is 33.3. The van der Waals surface area contributed by atoms with Crippen LogP contribution >= 0.6 is 0 Å². The molecule has 0 aromatic carbocycles. The van der Waals surface area contributed by atoms with Crippen molar-refractivity contribution >= 4 is 12.1 Å². The summed E-state index contributed by atoms with van der Waals surface area (Å²) in [7, 11) is 0. The van der Waals surface area contributed by atoms with Crippen LogP contribution in [0.5, 0.6) is 0 Å². The minimum atomic E-state index is -1.01. The van der Waals surface area contributed by atoms with Gasteiger partial charge in [0.25, 0.3) is 0 Å². The number of ether oxygens (including phenoxy) is 1. The molecule has 0 radical (unpaired) electrons. The molecule has 1 amide bonds. The molecule has 2 heterocycles. The first-order valence-corrected chi connectivity index (χ1v) is 6.92. The fourth-order valence-corrected chi connectivity index (χ4v) is 3.15. The Labute approximate surface area is 112 Å². The maximum Gasteiger partial charge on any atom is 0.410 e. The van der Waals surface area contributed by atoms with E-state index in [0.29, 0.717) is 19.4 Å². The minimum absolute atomic E-state index is 0.170. The number of aliphatic hydroxyl groups is 1. The van der Waals surface area contributed by atoms with Crippen molar-refractivity contribution in [3.8, 4) is 0 Å². The van der Waals surface area contributed by atoms with E-state index in [1.165, 1.54) is 4.90 Å². The van der Waals surface area contributed by atoms with Crippen molar-refractivity contribution in [2.24, 2.45) is 5.92 Å². The summed E-state index contributed by atoms with van der Waals surface area (Å²) in [5.41, 5.74) is 0. The van der Waals surface area contributed by atoms with E-state index in [9.17, 15) is 19.8 Å². The molecule has 0 unspecified atom stereocenters. The highest BCUT2D eigenvalue weighted by molar-refractivity contribution is 5.81. The average molecular weight is 271 g/mol. The summed E-state index contributed by atoms with van der Waals surface area (Å²) in [6, 6.07) is -1.27. The number of unbranched alkanes of at least 4 members (excludes halogenated alkanes) is 1. The molecule has 19 heavy (non-hydrogen) atoms. The van der Waals surface area contributed by atoms with Crippen LogP contribution in [0.25, 0.3) is 0 Å². The Kier molecular flexibility index (Phi) is 4.29. The largest absolute Gasteiger partial charge is 0.480 e. The molecule has 108 valence electrons. The van der Waals surface area contributed by atoms with Crippen LogP contribution < -0.4 is 0 Å². The van der Waals surface area contributed by atoms with Gasteiger partial charge in [0.2, 0.25) is 0 Å². The van der Waals surface area contributed by atoms with E-state index in [-0.39, 0.29) is 5.92 Å². The number of amides is 1. The number of aliphatic carboxylic acids is 1. The number of hydrogen-bond acceptors (Lipinski definition) is 4. The van der Waals surface area contributed by atoms with Gasteiger partial charge < -0.3 is 14.9 Å². The zero-order valence-corrected chi connectivity index (χ0v) is 11.1. The molecule has 6 heteroatoms. The Bertz CT molecular complexity index is 359. The molecular formula is C13H21NO5. The summed E-state index contributed by atoms with van der Waals surface area (Å²) in [5.74, 6) is -1.18. The Balaban J connectivity index is 2.10. The maximum absolute atomic E-state index is 12.1.